The van der Waals surface area contributed by atoms with Crippen LogP contribution in [-0.4, -0.2) is 15.0 Å². The van der Waals surface area contributed by atoms with Gasteiger partial charge in [0.25, 0.3) is 0 Å². The third kappa shape index (κ3) is 1.91. The van der Waals surface area contributed by atoms with Crippen molar-refractivity contribution < 1.29 is 0 Å². The zero-order valence-electron chi connectivity index (χ0n) is 9.14. The van der Waals surface area contributed by atoms with Crippen LogP contribution in [0.4, 0.5) is 0 Å². The number of nitrogens with zero attached hydrogens (tertiary/aromatic N) is 3. The molecule has 1 aromatic heterocycles. The highest BCUT2D eigenvalue weighted by molar-refractivity contribution is 5.75. The Labute approximate surface area is 89.4 Å². The molecule has 0 bridgehead atoms. The normalized spacial score (nSPS) is 10.5. The number of allylic oxidation sites excluding steroid dienone is 1. The van der Waals surface area contributed by atoms with E-state index in [-0.39, 0.29) is 0 Å². The summed E-state index contributed by atoms with van der Waals surface area (Å²) in [6.45, 7) is 4.32. The molecule has 0 unspecified atom stereocenters. The van der Waals surface area contributed by atoms with E-state index >= 15 is 0 Å². The number of hydrogen-bond acceptors (Lipinski definition) is 2. The molecule has 1 aromatic carbocycles. The van der Waals surface area contributed by atoms with Crippen molar-refractivity contribution in [1.29, 1.82) is 0 Å². The molecule has 0 N–H and O–H groups in total. The number of fused-ring (bicyclic) bond motifs is 1. The summed E-state index contributed by atoms with van der Waals surface area (Å²) in [5, 5.41) is 8.23. The van der Waals surface area contributed by atoms with Crippen molar-refractivity contribution in [2.75, 3.05) is 0 Å². The van der Waals surface area contributed by atoms with Gasteiger partial charge in [-0.05, 0) is 25.0 Å². The summed E-state index contributed by atoms with van der Waals surface area (Å²) in [5.41, 5.74) is 3.39. The number of para-hydroxylation sites is 1. The van der Waals surface area contributed by atoms with E-state index in [9.17, 15) is 0 Å². The zero-order chi connectivity index (χ0) is 10.7. The molecule has 0 saturated heterocycles. The third-order valence-corrected chi connectivity index (χ3v) is 2.59. The molecule has 1 heterocycles. The summed E-state index contributed by atoms with van der Waals surface area (Å²) in [4.78, 5) is 0. The highest BCUT2D eigenvalue weighted by Crippen LogP contribution is 2.13. The fourth-order valence-electron chi connectivity index (χ4n) is 1.59. The van der Waals surface area contributed by atoms with Gasteiger partial charge < -0.3 is 0 Å². The van der Waals surface area contributed by atoms with Gasteiger partial charge in [0, 0.05) is 6.20 Å². The first kappa shape index (κ1) is 9.90. The Bertz CT molecular complexity index is 476. The molecule has 3 heteroatoms. The molecular formula is C12H15N3. The first-order valence-electron chi connectivity index (χ1n) is 5.34. The van der Waals surface area contributed by atoms with Crippen LogP contribution in [0, 0.1) is 0 Å². The molecule has 2 rings (SSSR count). The molecule has 78 valence electrons. The smallest absolute Gasteiger partial charge is 0.113 e. The maximum atomic E-state index is 4.12. The Kier molecular flexibility index (Phi) is 2.81. The maximum Gasteiger partial charge on any atom is 0.113 e. The van der Waals surface area contributed by atoms with Gasteiger partial charge in [-0.25, -0.2) is 4.68 Å². The molecule has 0 fully saturated rings. The standard InChI is InChI=1S/C12H15N3/c1-3-10(4-2)9-15-12-8-6-5-7-11(12)13-14-15/h5-9H,3-4H2,1-2H3. The molecular weight excluding hydrogens is 186 g/mol. The van der Waals surface area contributed by atoms with Crippen molar-refractivity contribution >= 4 is 17.2 Å². The van der Waals surface area contributed by atoms with Crippen LogP contribution in [0.15, 0.2) is 29.8 Å². The molecule has 0 aliphatic rings. The molecule has 3 nitrogen and oxygen atoms in total. The minimum Gasteiger partial charge on any atom is -0.220 e. The summed E-state index contributed by atoms with van der Waals surface area (Å²) in [5.74, 6) is 0. The van der Waals surface area contributed by atoms with Crippen LogP contribution < -0.4 is 0 Å². The van der Waals surface area contributed by atoms with E-state index in [2.05, 4.69) is 30.4 Å². The summed E-state index contributed by atoms with van der Waals surface area (Å²) in [7, 11) is 0. The lowest BCUT2D eigenvalue weighted by Gasteiger charge is -2.00. The van der Waals surface area contributed by atoms with E-state index in [4.69, 9.17) is 0 Å². The van der Waals surface area contributed by atoms with E-state index in [1.807, 2.05) is 28.9 Å². The summed E-state index contributed by atoms with van der Waals surface area (Å²) in [6.07, 6.45) is 4.20. The van der Waals surface area contributed by atoms with Crippen LogP contribution in [0.2, 0.25) is 0 Å². The highest BCUT2D eigenvalue weighted by Gasteiger charge is 2.00. The van der Waals surface area contributed by atoms with E-state index in [1.165, 1.54) is 5.57 Å². The van der Waals surface area contributed by atoms with E-state index in [1.54, 1.807) is 0 Å². The minimum atomic E-state index is 0.945. The average molecular weight is 201 g/mol. The van der Waals surface area contributed by atoms with Gasteiger partial charge in [0.05, 0.1) is 5.52 Å². The highest BCUT2D eigenvalue weighted by atomic mass is 15.4. The Morgan fingerprint density at radius 3 is 2.73 bits per heavy atom. The van der Waals surface area contributed by atoms with E-state index in [0.29, 0.717) is 0 Å². The van der Waals surface area contributed by atoms with Crippen molar-refractivity contribution in [3.63, 3.8) is 0 Å². The van der Waals surface area contributed by atoms with Crippen LogP contribution in [-0.2, 0) is 0 Å². The second kappa shape index (κ2) is 4.26. The molecule has 0 spiro atoms. The summed E-state index contributed by atoms with van der Waals surface area (Å²) >= 11 is 0. The Hall–Kier alpha value is -1.64. The van der Waals surface area contributed by atoms with Crippen molar-refractivity contribution in [3.8, 4) is 0 Å². The number of aromatic nitrogens is 3. The third-order valence-electron chi connectivity index (χ3n) is 2.59. The first-order valence-corrected chi connectivity index (χ1v) is 5.34. The van der Waals surface area contributed by atoms with Crippen LogP contribution in [0.3, 0.4) is 0 Å². The molecule has 0 aliphatic carbocycles. The van der Waals surface area contributed by atoms with Gasteiger partial charge in [0.2, 0.25) is 0 Å². The second-order valence-electron chi connectivity index (χ2n) is 3.52. The lowest BCUT2D eigenvalue weighted by molar-refractivity contribution is 0.844. The van der Waals surface area contributed by atoms with Gasteiger partial charge in [-0.1, -0.05) is 36.8 Å². The van der Waals surface area contributed by atoms with Crippen LogP contribution in [0.25, 0.3) is 17.2 Å². The first-order chi connectivity index (χ1) is 7.35. The molecule has 0 atom stereocenters. The summed E-state index contributed by atoms with van der Waals surface area (Å²) in [6, 6.07) is 8.00. The Balaban J connectivity index is 2.48. The molecule has 0 radical (unpaired) electrons. The van der Waals surface area contributed by atoms with Crippen molar-refractivity contribution in [3.05, 3.63) is 29.8 Å². The lowest BCUT2D eigenvalue weighted by atomic mass is 10.2. The Morgan fingerprint density at radius 1 is 1.27 bits per heavy atom. The fourth-order valence-corrected chi connectivity index (χ4v) is 1.59. The van der Waals surface area contributed by atoms with Gasteiger partial charge in [-0.3, -0.25) is 0 Å². The van der Waals surface area contributed by atoms with Crippen LogP contribution in [0.1, 0.15) is 26.7 Å². The Morgan fingerprint density at radius 2 is 2.00 bits per heavy atom. The molecule has 15 heavy (non-hydrogen) atoms. The minimum absolute atomic E-state index is 0.945. The van der Waals surface area contributed by atoms with Crippen molar-refractivity contribution in [1.82, 2.24) is 15.0 Å². The average Bonchev–Trinajstić information content (AvgIpc) is 2.69. The van der Waals surface area contributed by atoms with E-state index < -0.39 is 0 Å². The largest absolute Gasteiger partial charge is 0.220 e. The number of rotatable bonds is 3. The predicted octanol–water partition coefficient (Wildman–Crippen LogP) is 3.09. The maximum absolute atomic E-state index is 4.12. The van der Waals surface area contributed by atoms with Gasteiger partial charge in [0.15, 0.2) is 0 Å². The monoisotopic (exact) mass is 201 g/mol. The zero-order valence-corrected chi connectivity index (χ0v) is 9.14. The van der Waals surface area contributed by atoms with E-state index in [0.717, 1.165) is 23.9 Å². The van der Waals surface area contributed by atoms with Gasteiger partial charge >= 0.3 is 0 Å². The van der Waals surface area contributed by atoms with Gasteiger partial charge in [-0.2, -0.15) is 0 Å². The fraction of sp³-hybridized carbons (Fsp3) is 0.333. The number of hydrogen-bond donors (Lipinski definition) is 0. The SMILES string of the molecule is CCC(=Cn1nnc2ccccc21)CC. The molecule has 0 amide bonds. The van der Waals surface area contributed by atoms with Crippen molar-refractivity contribution in [2.24, 2.45) is 0 Å². The second-order valence-corrected chi connectivity index (χ2v) is 3.52. The molecule has 0 aliphatic heterocycles. The van der Waals surface area contributed by atoms with Gasteiger partial charge in [-0.15, -0.1) is 5.10 Å². The predicted molar refractivity (Wildman–Crippen MR) is 62.4 cm³/mol. The van der Waals surface area contributed by atoms with Crippen LogP contribution in [0.5, 0.6) is 0 Å². The van der Waals surface area contributed by atoms with Crippen LogP contribution >= 0.6 is 0 Å². The van der Waals surface area contributed by atoms with Gasteiger partial charge in [0.1, 0.15) is 5.52 Å². The lowest BCUT2D eigenvalue weighted by Crippen LogP contribution is -1.91. The molecule has 2 aromatic rings. The van der Waals surface area contributed by atoms with Crippen molar-refractivity contribution in [2.45, 2.75) is 26.7 Å². The summed E-state index contributed by atoms with van der Waals surface area (Å²) < 4.78 is 1.86. The quantitative estimate of drug-likeness (QED) is 0.764. The topological polar surface area (TPSA) is 30.7 Å². The molecule has 0 saturated carbocycles. The number of benzene rings is 1.